The van der Waals surface area contributed by atoms with Gasteiger partial charge in [0.15, 0.2) is 0 Å². The third kappa shape index (κ3) is 5.08. The molecule has 2 aromatic rings. The van der Waals surface area contributed by atoms with E-state index in [1.165, 1.54) is 14.0 Å². The molecule has 0 saturated heterocycles. The monoisotopic (exact) mass is 507 g/mol. The summed E-state index contributed by atoms with van der Waals surface area (Å²) in [6.07, 6.45) is -9.21. The lowest BCUT2D eigenvalue weighted by Gasteiger charge is -2.41. The smallest absolute Gasteiger partial charge is 0.424 e. The van der Waals surface area contributed by atoms with E-state index in [0.717, 1.165) is 24.3 Å². The summed E-state index contributed by atoms with van der Waals surface area (Å²) in [6, 6.07) is 3.92. The summed E-state index contributed by atoms with van der Waals surface area (Å²) < 4.78 is 95.5. The number of amidine groups is 1. The number of alkyl halides is 5. The molecular weight excluding hydrogens is 488 g/mol. The van der Waals surface area contributed by atoms with Crippen molar-refractivity contribution in [3.8, 4) is 11.8 Å². The summed E-state index contributed by atoms with van der Waals surface area (Å²) in [6.45, 7) is 1.30. The molecule has 0 fully saturated rings. The van der Waals surface area contributed by atoms with Gasteiger partial charge in [-0.2, -0.15) is 13.2 Å². The molecule has 0 saturated carbocycles. The number of methoxy groups -OCH3 is 1. The highest BCUT2D eigenvalue weighted by Crippen LogP contribution is 2.41. The van der Waals surface area contributed by atoms with Crippen LogP contribution in [-0.4, -0.2) is 47.6 Å². The Morgan fingerprint density at radius 1 is 1.23 bits per heavy atom. The number of anilines is 1. The zero-order valence-electron chi connectivity index (χ0n) is 18.4. The van der Waals surface area contributed by atoms with E-state index in [4.69, 9.17) is 19.9 Å². The molecule has 0 radical (unpaired) electrons. The largest absolute Gasteiger partial charge is 0.480 e. The van der Waals surface area contributed by atoms with Gasteiger partial charge in [-0.05, 0) is 32.0 Å². The number of aromatic nitrogens is 2. The molecule has 3 N–H and O–H groups in total. The molecule has 1 aromatic carbocycles. The Morgan fingerprint density at radius 2 is 1.91 bits per heavy atom. The van der Waals surface area contributed by atoms with Gasteiger partial charge in [-0.1, -0.05) is 0 Å². The van der Waals surface area contributed by atoms with E-state index in [2.05, 4.69) is 20.5 Å². The van der Waals surface area contributed by atoms with Crippen molar-refractivity contribution in [1.82, 2.24) is 10.2 Å². The molecule has 0 spiro atoms. The lowest BCUT2D eigenvalue weighted by atomic mass is 9.89. The van der Waals surface area contributed by atoms with Gasteiger partial charge in [-0.3, -0.25) is 10.3 Å². The Labute approximate surface area is 194 Å². The molecule has 0 bridgehead atoms. The van der Waals surface area contributed by atoms with Gasteiger partial charge in [0.2, 0.25) is 11.5 Å². The Balaban J connectivity index is 1.85. The maximum atomic E-state index is 14.6. The molecule has 1 aromatic heterocycles. The van der Waals surface area contributed by atoms with E-state index in [-0.39, 0.29) is 17.1 Å². The zero-order valence-corrected chi connectivity index (χ0v) is 18.4. The predicted octanol–water partition coefficient (Wildman–Crippen LogP) is 4.10. The summed E-state index contributed by atoms with van der Waals surface area (Å²) in [5.41, 5.74) is -0.106. The van der Waals surface area contributed by atoms with Crippen LogP contribution in [0.5, 0.6) is 11.8 Å². The SMILES string of the molecule is COc1cc(C(F)F)c(OC(=O)Nc2ccc(F)c([C@]3(C)CO[C@@](C)(C(F)(F)F)C(N)=N3)c2)nn1. The number of nitrogens with one attached hydrogen (secondary N) is 1. The second-order valence-electron chi connectivity index (χ2n) is 7.75. The van der Waals surface area contributed by atoms with E-state index in [1.54, 1.807) is 0 Å². The van der Waals surface area contributed by atoms with Gasteiger partial charge >= 0.3 is 12.3 Å². The van der Waals surface area contributed by atoms with Crippen LogP contribution >= 0.6 is 0 Å². The predicted molar refractivity (Wildman–Crippen MR) is 109 cm³/mol. The molecule has 2 heterocycles. The second-order valence-corrected chi connectivity index (χ2v) is 7.75. The molecule has 15 heteroatoms. The van der Waals surface area contributed by atoms with Gasteiger partial charge in [0.1, 0.15) is 17.2 Å². The van der Waals surface area contributed by atoms with Crippen molar-refractivity contribution < 1.29 is 45.3 Å². The standard InChI is InChI=1S/C20H19F6N5O4/c1-18(8-34-19(2,16(27)29-18)20(24,25)26)11-6-9(4-5-12(11)21)28-17(32)35-15-10(14(22)23)7-13(33-3)30-31-15/h4-7,14H,8H2,1-3H3,(H2,27,29)(H,28,32)/t18-,19+/m0/s1. The van der Waals surface area contributed by atoms with Gasteiger partial charge in [-0.15, -0.1) is 10.2 Å². The van der Waals surface area contributed by atoms with E-state index in [9.17, 15) is 31.1 Å². The summed E-state index contributed by atoms with van der Waals surface area (Å²) in [5.74, 6) is -2.81. The van der Waals surface area contributed by atoms with Gasteiger partial charge in [0.25, 0.3) is 12.3 Å². The number of rotatable bonds is 5. The average molecular weight is 507 g/mol. The van der Waals surface area contributed by atoms with Crippen molar-refractivity contribution in [1.29, 1.82) is 0 Å². The Hall–Kier alpha value is -3.62. The van der Waals surface area contributed by atoms with Crippen LogP contribution in [0.15, 0.2) is 29.3 Å². The highest BCUT2D eigenvalue weighted by atomic mass is 19.4. The van der Waals surface area contributed by atoms with Crippen molar-refractivity contribution in [2.24, 2.45) is 10.7 Å². The van der Waals surface area contributed by atoms with Gasteiger partial charge < -0.3 is 19.9 Å². The van der Waals surface area contributed by atoms with Gasteiger partial charge in [-0.25, -0.2) is 18.0 Å². The minimum Gasteiger partial charge on any atom is -0.480 e. The van der Waals surface area contributed by atoms with Crippen LogP contribution in [0.3, 0.4) is 0 Å². The van der Waals surface area contributed by atoms with E-state index < -0.39 is 59.5 Å². The van der Waals surface area contributed by atoms with Crippen molar-refractivity contribution >= 4 is 17.6 Å². The van der Waals surface area contributed by atoms with Crippen molar-refractivity contribution in [3.63, 3.8) is 0 Å². The number of aliphatic imine (C=N–C) groups is 1. The quantitative estimate of drug-likeness (QED) is 0.585. The Kier molecular flexibility index (Phi) is 6.83. The molecule has 0 aliphatic carbocycles. The Morgan fingerprint density at radius 3 is 2.49 bits per heavy atom. The fraction of sp³-hybridized carbons (Fsp3) is 0.400. The first-order valence-electron chi connectivity index (χ1n) is 9.75. The van der Waals surface area contributed by atoms with Crippen molar-refractivity contribution in [2.45, 2.75) is 37.6 Å². The minimum absolute atomic E-state index is 0.0920. The van der Waals surface area contributed by atoms with E-state index in [1.807, 2.05) is 0 Å². The molecule has 2 atom stereocenters. The molecule has 35 heavy (non-hydrogen) atoms. The maximum absolute atomic E-state index is 14.6. The summed E-state index contributed by atoms with van der Waals surface area (Å²) >= 11 is 0. The lowest BCUT2D eigenvalue weighted by Crippen LogP contribution is -2.60. The maximum Gasteiger partial charge on any atom is 0.424 e. The molecule has 9 nitrogen and oxygen atoms in total. The number of benzene rings is 1. The van der Waals surface area contributed by atoms with Crippen LogP contribution in [0.2, 0.25) is 0 Å². The third-order valence-corrected chi connectivity index (χ3v) is 5.23. The fourth-order valence-electron chi connectivity index (χ4n) is 3.09. The van der Waals surface area contributed by atoms with Crippen molar-refractivity contribution in [3.05, 3.63) is 41.2 Å². The van der Waals surface area contributed by atoms with Crippen LogP contribution in [0.1, 0.15) is 31.4 Å². The van der Waals surface area contributed by atoms with Crippen LogP contribution in [0.25, 0.3) is 0 Å². The van der Waals surface area contributed by atoms with Crippen LogP contribution < -0.4 is 20.5 Å². The number of hydrogen-bond donors (Lipinski definition) is 2. The minimum atomic E-state index is -4.87. The molecule has 1 aliphatic heterocycles. The molecular formula is C20H19F6N5O4. The molecule has 1 aliphatic rings. The first-order valence-corrected chi connectivity index (χ1v) is 9.75. The Bertz CT molecular complexity index is 1160. The zero-order chi connectivity index (χ0) is 26.2. The molecule has 1 amide bonds. The number of nitrogens with zero attached hydrogens (tertiary/aromatic N) is 3. The summed E-state index contributed by atoms with van der Waals surface area (Å²) in [4.78, 5) is 16.1. The average Bonchev–Trinajstić information content (AvgIpc) is 2.77. The number of ether oxygens (including phenoxy) is 3. The lowest BCUT2D eigenvalue weighted by molar-refractivity contribution is -0.249. The number of nitrogens with two attached hydrogens (primary N) is 1. The highest BCUT2D eigenvalue weighted by Gasteiger charge is 2.59. The molecule has 3 rings (SSSR count). The number of carbonyl (C=O) groups excluding carboxylic acids is 1. The first-order chi connectivity index (χ1) is 16.2. The van der Waals surface area contributed by atoms with E-state index in [0.29, 0.717) is 6.92 Å². The number of amides is 1. The van der Waals surface area contributed by atoms with Crippen LogP contribution in [0.4, 0.5) is 36.8 Å². The summed E-state index contributed by atoms with van der Waals surface area (Å²) in [5, 5.41) is 9.01. The van der Waals surface area contributed by atoms with Gasteiger partial charge in [0, 0.05) is 17.3 Å². The fourth-order valence-corrected chi connectivity index (χ4v) is 3.09. The topological polar surface area (TPSA) is 121 Å². The van der Waals surface area contributed by atoms with Crippen LogP contribution in [-0.2, 0) is 10.3 Å². The molecule has 190 valence electrons. The number of hydrogen-bond acceptors (Lipinski definition) is 8. The van der Waals surface area contributed by atoms with Crippen LogP contribution in [0, 0.1) is 5.82 Å². The molecule has 0 unspecified atom stereocenters. The van der Waals surface area contributed by atoms with Crippen molar-refractivity contribution in [2.75, 3.05) is 19.0 Å². The third-order valence-electron chi connectivity index (χ3n) is 5.23. The van der Waals surface area contributed by atoms with Gasteiger partial charge in [0.05, 0.1) is 19.3 Å². The summed E-state index contributed by atoms with van der Waals surface area (Å²) in [7, 11) is 1.18. The second kappa shape index (κ2) is 9.20. The number of halogens is 6. The first kappa shape index (κ1) is 26.0. The van der Waals surface area contributed by atoms with E-state index >= 15 is 0 Å². The number of carbonyl (C=O) groups is 1. The highest BCUT2D eigenvalue weighted by molar-refractivity contribution is 5.91. The normalized spacial score (nSPS) is 22.5.